The number of benzene rings is 2. The van der Waals surface area contributed by atoms with E-state index in [-0.39, 0.29) is 17.5 Å². The van der Waals surface area contributed by atoms with Crippen molar-refractivity contribution >= 4 is 35.4 Å². The number of hydrogen-bond donors (Lipinski definition) is 0. The van der Waals surface area contributed by atoms with Crippen LogP contribution in [-0.4, -0.2) is 34.4 Å². The fourth-order valence-corrected chi connectivity index (χ4v) is 3.30. The summed E-state index contributed by atoms with van der Waals surface area (Å²) >= 11 is 5.96. The summed E-state index contributed by atoms with van der Waals surface area (Å²) in [5.74, 6) is -3.25. The highest BCUT2D eigenvalue weighted by Gasteiger charge is 2.48. The van der Waals surface area contributed by atoms with Gasteiger partial charge in [-0.15, -0.1) is 0 Å². The zero-order valence-electron chi connectivity index (χ0n) is 14.0. The lowest BCUT2D eigenvalue weighted by molar-refractivity contribution is -0.189. The van der Waals surface area contributed by atoms with Gasteiger partial charge in [0.1, 0.15) is 0 Å². The van der Waals surface area contributed by atoms with Gasteiger partial charge in [0, 0.05) is 11.4 Å². The molecule has 2 aromatic carbocycles. The largest absolute Gasteiger partial charge is 0.443 e. The molecule has 0 saturated carbocycles. The van der Waals surface area contributed by atoms with E-state index in [0.29, 0.717) is 21.2 Å². The second kappa shape index (κ2) is 5.92. The molecule has 136 valence electrons. The number of carbonyl (C=O) groups is 4. The summed E-state index contributed by atoms with van der Waals surface area (Å²) in [7, 11) is 0. The molecule has 0 N–H and O–H groups in total. The minimum Gasteiger partial charge on any atom is -0.443 e. The maximum atomic E-state index is 12.7. The Balaban J connectivity index is 1.60. The maximum absolute atomic E-state index is 12.7. The van der Waals surface area contributed by atoms with E-state index in [0.717, 1.165) is 0 Å². The van der Waals surface area contributed by atoms with Gasteiger partial charge < -0.3 is 9.57 Å². The van der Waals surface area contributed by atoms with E-state index >= 15 is 0 Å². The number of hydroxylamine groups is 2. The molecule has 27 heavy (non-hydrogen) atoms. The number of fused-ring (bicyclic) bond motifs is 2. The number of cyclic esters (lactones) is 1. The molecule has 0 spiro atoms. The molecule has 0 radical (unpaired) electrons. The Morgan fingerprint density at radius 2 is 1.70 bits per heavy atom. The first kappa shape index (κ1) is 17.2. The molecule has 2 aliphatic rings. The van der Waals surface area contributed by atoms with Gasteiger partial charge in [0.25, 0.3) is 11.8 Å². The second-order valence-corrected chi connectivity index (χ2v) is 6.86. The van der Waals surface area contributed by atoms with E-state index < -0.39 is 29.4 Å². The van der Waals surface area contributed by atoms with Crippen LogP contribution in [0.3, 0.4) is 0 Å². The minimum absolute atomic E-state index is 0.00334. The van der Waals surface area contributed by atoms with E-state index in [1.807, 2.05) is 0 Å². The van der Waals surface area contributed by atoms with Crippen LogP contribution >= 0.6 is 11.6 Å². The van der Waals surface area contributed by atoms with Crippen molar-refractivity contribution in [1.82, 2.24) is 5.06 Å². The third-order valence-corrected chi connectivity index (χ3v) is 4.73. The molecular weight excluding hydrogens is 374 g/mol. The van der Waals surface area contributed by atoms with Crippen molar-refractivity contribution in [2.24, 2.45) is 0 Å². The zero-order chi connectivity index (χ0) is 19.3. The fourth-order valence-electron chi connectivity index (χ4n) is 3.11. The van der Waals surface area contributed by atoms with Crippen LogP contribution in [0.5, 0.6) is 0 Å². The van der Waals surface area contributed by atoms with Crippen molar-refractivity contribution in [3.8, 4) is 0 Å². The van der Waals surface area contributed by atoms with Crippen LogP contribution in [0.1, 0.15) is 43.6 Å². The van der Waals surface area contributed by atoms with Crippen molar-refractivity contribution in [2.45, 2.75) is 18.9 Å². The van der Waals surface area contributed by atoms with Crippen LogP contribution in [0, 0.1) is 0 Å². The Morgan fingerprint density at radius 3 is 2.33 bits per heavy atom. The van der Waals surface area contributed by atoms with Crippen molar-refractivity contribution in [3.05, 3.63) is 69.7 Å². The smallest absolute Gasteiger partial charge is 0.376 e. The van der Waals surface area contributed by atoms with E-state index in [4.69, 9.17) is 21.2 Å². The summed E-state index contributed by atoms with van der Waals surface area (Å²) in [6.07, 6.45) is -0.00334. The average Bonchev–Trinajstić information content (AvgIpc) is 2.86. The number of rotatable bonds is 2. The molecule has 0 saturated heterocycles. The molecule has 0 bridgehead atoms. The fraction of sp³-hybridized carbons (Fsp3) is 0.158. The number of esters is 1. The molecule has 2 heterocycles. The van der Waals surface area contributed by atoms with Crippen molar-refractivity contribution in [3.63, 3.8) is 0 Å². The highest BCUT2D eigenvalue weighted by molar-refractivity contribution is 6.30. The maximum Gasteiger partial charge on any atom is 0.376 e. The summed E-state index contributed by atoms with van der Waals surface area (Å²) in [6.45, 7) is 1.36. The van der Waals surface area contributed by atoms with Crippen LogP contribution < -0.4 is 0 Å². The Labute approximate surface area is 158 Å². The van der Waals surface area contributed by atoms with Gasteiger partial charge in [0.2, 0.25) is 5.60 Å². The molecule has 0 aromatic heterocycles. The van der Waals surface area contributed by atoms with Gasteiger partial charge in [0.15, 0.2) is 0 Å². The molecule has 8 heteroatoms. The number of imide groups is 1. The van der Waals surface area contributed by atoms with Gasteiger partial charge in [-0.3, -0.25) is 9.59 Å². The van der Waals surface area contributed by atoms with E-state index in [2.05, 4.69) is 0 Å². The third-order valence-electron chi connectivity index (χ3n) is 4.50. The van der Waals surface area contributed by atoms with Crippen molar-refractivity contribution in [2.75, 3.05) is 0 Å². The van der Waals surface area contributed by atoms with Gasteiger partial charge in [-0.25, -0.2) is 9.59 Å². The van der Waals surface area contributed by atoms with E-state index in [9.17, 15) is 19.2 Å². The highest BCUT2D eigenvalue weighted by Crippen LogP contribution is 2.32. The molecule has 2 amide bonds. The standard InChI is InChI=1S/C19H12ClNO6/c1-19(9-10-8-11(20)6-7-12(10)17(24)26-19)18(25)27-21-15(22)13-4-2-3-5-14(13)16(21)23/h2-8H,9H2,1H3. The van der Waals surface area contributed by atoms with Gasteiger partial charge >= 0.3 is 11.9 Å². The normalized spacial score (nSPS) is 20.8. The van der Waals surface area contributed by atoms with Crippen LogP contribution in [0.2, 0.25) is 5.02 Å². The minimum atomic E-state index is -1.70. The van der Waals surface area contributed by atoms with Crippen LogP contribution in [0.4, 0.5) is 0 Å². The highest BCUT2D eigenvalue weighted by atomic mass is 35.5. The summed E-state index contributed by atoms with van der Waals surface area (Å²) in [5.41, 5.74) is -0.619. The lowest BCUT2D eigenvalue weighted by Crippen LogP contribution is -2.49. The van der Waals surface area contributed by atoms with Crippen molar-refractivity contribution < 1.29 is 28.8 Å². The molecule has 4 rings (SSSR count). The Morgan fingerprint density at radius 1 is 1.07 bits per heavy atom. The topological polar surface area (TPSA) is 90.0 Å². The lowest BCUT2D eigenvalue weighted by Gasteiger charge is -2.32. The molecule has 0 aliphatic carbocycles. The first-order valence-electron chi connectivity index (χ1n) is 8.02. The monoisotopic (exact) mass is 385 g/mol. The predicted octanol–water partition coefficient (Wildman–Crippen LogP) is 2.57. The summed E-state index contributed by atoms with van der Waals surface area (Å²) < 4.78 is 5.25. The number of halogens is 1. The lowest BCUT2D eigenvalue weighted by atomic mass is 9.90. The van der Waals surface area contributed by atoms with Gasteiger partial charge in [-0.05, 0) is 42.8 Å². The quantitative estimate of drug-likeness (QED) is 0.583. The van der Waals surface area contributed by atoms with Crippen LogP contribution in [-0.2, 0) is 20.8 Å². The molecule has 1 atom stereocenters. The Bertz CT molecular complexity index is 998. The molecular formula is C19H12ClNO6. The second-order valence-electron chi connectivity index (χ2n) is 6.43. The number of ether oxygens (including phenoxy) is 1. The van der Waals surface area contributed by atoms with Gasteiger partial charge in [-0.2, -0.15) is 0 Å². The molecule has 1 unspecified atom stereocenters. The number of carbonyl (C=O) groups excluding carboxylic acids is 4. The first-order chi connectivity index (χ1) is 12.8. The number of hydrogen-bond acceptors (Lipinski definition) is 6. The Kier molecular flexibility index (Phi) is 3.78. The summed E-state index contributed by atoms with van der Waals surface area (Å²) in [5, 5.41) is 0.791. The summed E-state index contributed by atoms with van der Waals surface area (Å²) in [6, 6.07) is 10.7. The predicted molar refractivity (Wildman–Crippen MR) is 92.0 cm³/mol. The SMILES string of the molecule is CC1(C(=O)ON2C(=O)c3ccccc3C2=O)Cc2cc(Cl)ccc2C(=O)O1. The van der Waals surface area contributed by atoms with Gasteiger partial charge in [0.05, 0.1) is 16.7 Å². The summed E-state index contributed by atoms with van der Waals surface area (Å²) in [4.78, 5) is 54.6. The first-order valence-corrected chi connectivity index (χ1v) is 8.40. The van der Waals surface area contributed by atoms with E-state index in [1.165, 1.54) is 25.1 Å². The van der Waals surface area contributed by atoms with Crippen LogP contribution in [0.15, 0.2) is 42.5 Å². The molecule has 2 aliphatic heterocycles. The number of nitrogens with zero attached hydrogens (tertiary/aromatic N) is 1. The number of amides is 2. The molecule has 0 fully saturated rings. The third kappa shape index (κ3) is 2.67. The van der Waals surface area contributed by atoms with Gasteiger partial charge in [-0.1, -0.05) is 28.8 Å². The van der Waals surface area contributed by atoms with E-state index in [1.54, 1.807) is 24.3 Å². The zero-order valence-corrected chi connectivity index (χ0v) is 14.8. The molecule has 2 aromatic rings. The Hall–Kier alpha value is -3.19. The van der Waals surface area contributed by atoms with Crippen LogP contribution in [0.25, 0.3) is 0 Å². The average molecular weight is 386 g/mol. The molecule has 7 nitrogen and oxygen atoms in total. The van der Waals surface area contributed by atoms with Crippen molar-refractivity contribution in [1.29, 1.82) is 0 Å².